The maximum absolute atomic E-state index is 12.6. The predicted molar refractivity (Wildman–Crippen MR) is 123 cm³/mol. The molecule has 1 amide bonds. The van der Waals surface area contributed by atoms with Gasteiger partial charge < -0.3 is 5.32 Å². The van der Waals surface area contributed by atoms with Crippen LogP contribution < -0.4 is 5.32 Å². The number of carbonyl (C=O) groups is 1. The van der Waals surface area contributed by atoms with E-state index in [2.05, 4.69) is 26.6 Å². The van der Waals surface area contributed by atoms with Crippen LogP contribution in [0.4, 0.5) is 0 Å². The summed E-state index contributed by atoms with van der Waals surface area (Å²) in [5, 5.41) is 9.63. The molecular formula is C24H22N4O3S. The van der Waals surface area contributed by atoms with Crippen LogP contribution in [-0.4, -0.2) is 35.8 Å². The molecule has 0 fully saturated rings. The highest BCUT2D eigenvalue weighted by molar-refractivity contribution is 7.90. The van der Waals surface area contributed by atoms with Gasteiger partial charge in [-0.2, -0.15) is 5.10 Å². The first-order valence-corrected chi connectivity index (χ1v) is 11.8. The molecule has 0 radical (unpaired) electrons. The molecule has 7 nitrogen and oxygen atoms in total. The van der Waals surface area contributed by atoms with Gasteiger partial charge in [-0.05, 0) is 59.5 Å². The second-order valence-corrected chi connectivity index (χ2v) is 9.52. The van der Waals surface area contributed by atoms with Crippen LogP contribution in [0.5, 0.6) is 0 Å². The Morgan fingerprint density at radius 2 is 1.75 bits per heavy atom. The van der Waals surface area contributed by atoms with Gasteiger partial charge in [-0.25, -0.2) is 8.42 Å². The van der Waals surface area contributed by atoms with Crippen LogP contribution in [0.15, 0.2) is 78.1 Å². The van der Waals surface area contributed by atoms with Crippen molar-refractivity contribution in [1.29, 1.82) is 0 Å². The fourth-order valence-electron chi connectivity index (χ4n) is 3.46. The number of nitrogens with zero attached hydrogens (tertiary/aromatic N) is 2. The third-order valence-corrected chi connectivity index (χ3v) is 6.36. The van der Waals surface area contributed by atoms with Crippen molar-refractivity contribution in [2.24, 2.45) is 0 Å². The Kier molecular flexibility index (Phi) is 5.87. The molecule has 0 unspecified atom stereocenters. The Bertz CT molecular complexity index is 1380. The molecule has 2 heterocycles. The van der Waals surface area contributed by atoms with Gasteiger partial charge in [0.2, 0.25) is 0 Å². The lowest BCUT2D eigenvalue weighted by molar-refractivity contribution is 0.0950. The lowest BCUT2D eigenvalue weighted by Crippen LogP contribution is -2.23. The highest BCUT2D eigenvalue weighted by Crippen LogP contribution is 2.26. The van der Waals surface area contributed by atoms with Crippen molar-refractivity contribution in [3.05, 3.63) is 90.0 Å². The fourth-order valence-corrected chi connectivity index (χ4v) is 4.45. The van der Waals surface area contributed by atoms with Crippen LogP contribution in [0.2, 0.25) is 0 Å². The van der Waals surface area contributed by atoms with E-state index >= 15 is 0 Å². The fraction of sp³-hybridized carbons (Fsp3) is 0.125. The van der Waals surface area contributed by atoms with Crippen molar-refractivity contribution in [3.8, 4) is 22.3 Å². The number of hydrogen-bond donors (Lipinski definition) is 2. The van der Waals surface area contributed by atoms with Crippen LogP contribution in [0.25, 0.3) is 22.3 Å². The van der Waals surface area contributed by atoms with E-state index in [1.54, 1.807) is 31.5 Å². The number of carbonyl (C=O) groups excluding carboxylic acids is 1. The second kappa shape index (κ2) is 8.76. The monoisotopic (exact) mass is 446 g/mol. The van der Waals surface area contributed by atoms with E-state index in [1.807, 2.05) is 36.5 Å². The Morgan fingerprint density at radius 3 is 2.47 bits per heavy atom. The van der Waals surface area contributed by atoms with Gasteiger partial charge in [0.15, 0.2) is 9.84 Å². The SMILES string of the molecule is Cc1ccc(C(=O)NCc2cc(-c3cccc(-c4cn[nH]c4)c3)ccn2)cc1S(C)(=O)=O. The number of aromatic amines is 1. The number of H-pyrrole nitrogens is 1. The number of aromatic nitrogens is 3. The van der Waals surface area contributed by atoms with Gasteiger partial charge in [0.1, 0.15) is 0 Å². The maximum atomic E-state index is 12.6. The normalized spacial score (nSPS) is 11.3. The summed E-state index contributed by atoms with van der Waals surface area (Å²) in [7, 11) is -3.41. The Labute approximate surface area is 186 Å². The summed E-state index contributed by atoms with van der Waals surface area (Å²) >= 11 is 0. The Hall–Kier alpha value is -3.78. The molecule has 2 aromatic carbocycles. The van der Waals surface area contributed by atoms with E-state index in [0.717, 1.165) is 28.5 Å². The van der Waals surface area contributed by atoms with Crippen molar-refractivity contribution in [2.75, 3.05) is 6.26 Å². The molecule has 0 saturated carbocycles. The zero-order valence-electron chi connectivity index (χ0n) is 17.7. The first-order valence-electron chi connectivity index (χ1n) is 9.95. The molecule has 0 bridgehead atoms. The molecule has 0 aliphatic heterocycles. The van der Waals surface area contributed by atoms with E-state index < -0.39 is 9.84 Å². The molecule has 0 aliphatic rings. The number of rotatable bonds is 6. The minimum absolute atomic E-state index is 0.155. The molecule has 0 saturated heterocycles. The largest absolute Gasteiger partial charge is 0.346 e. The number of aryl methyl sites for hydroxylation is 1. The number of benzene rings is 2. The number of sulfone groups is 1. The summed E-state index contributed by atoms with van der Waals surface area (Å²) in [4.78, 5) is 17.1. The zero-order chi connectivity index (χ0) is 22.7. The molecule has 162 valence electrons. The van der Waals surface area contributed by atoms with Gasteiger partial charge in [0, 0.05) is 29.8 Å². The molecule has 2 N–H and O–H groups in total. The summed E-state index contributed by atoms with van der Waals surface area (Å²) in [6.45, 7) is 1.92. The number of amides is 1. The Morgan fingerprint density at radius 1 is 1.00 bits per heavy atom. The minimum Gasteiger partial charge on any atom is -0.346 e. The second-order valence-electron chi connectivity index (χ2n) is 7.54. The van der Waals surface area contributed by atoms with E-state index in [1.165, 1.54) is 6.07 Å². The molecule has 32 heavy (non-hydrogen) atoms. The van der Waals surface area contributed by atoms with E-state index in [4.69, 9.17) is 0 Å². The summed E-state index contributed by atoms with van der Waals surface area (Å²) in [6, 6.07) is 16.6. The standard InChI is InChI=1S/C24H22N4O3S/c1-16-6-7-20(12-23(16)32(2,30)31)24(29)26-15-22-11-19(8-9-25-22)17-4-3-5-18(10-17)21-13-27-28-14-21/h3-14H,15H2,1-2H3,(H,26,29)(H,27,28). The number of nitrogens with one attached hydrogen (secondary N) is 2. The number of hydrogen-bond acceptors (Lipinski definition) is 5. The van der Waals surface area contributed by atoms with Crippen molar-refractivity contribution >= 4 is 15.7 Å². The highest BCUT2D eigenvalue weighted by Gasteiger charge is 2.15. The molecule has 0 spiro atoms. The Balaban J connectivity index is 1.51. The number of pyridine rings is 1. The summed E-state index contributed by atoms with van der Waals surface area (Å²) in [5.74, 6) is -0.357. The van der Waals surface area contributed by atoms with E-state index in [0.29, 0.717) is 16.8 Å². The van der Waals surface area contributed by atoms with Crippen LogP contribution in [0.3, 0.4) is 0 Å². The maximum Gasteiger partial charge on any atom is 0.251 e. The average Bonchev–Trinajstić information content (AvgIpc) is 3.32. The zero-order valence-corrected chi connectivity index (χ0v) is 18.5. The van der Waals surface area contributed by atoms with Crippen LogP contribution >= 0.6 is 0 Å². The third-order valence-electron chi connectivity index (χ3n) is 5.12. The quantitative estimate of drug-likeness (QED) is 0.469. The summed E-state index contributed by atoms with van der Waals surface area (Å²) < 4.78 is 23.9. The molecule has 2 aromatic heterocycles. The van der Waals surface area contributed by atoms with Crippen LogP contribution in [-0.2, 0) is 16.4 Å². The van der Waals surface area contributed by atoms with Gasteiger partial charge in [0.25, 0.3) is 5.91 Å². The summed E-state index contributed by atoms with van der Waals surface area (Å²) in [6.07, 6.45) is 6.45. The van der Waals surface area contributed by atoms with Crippen molar-refractivity contribution in [3.63, 3.8) is 0 Å². The van der Waals surface area contributed by atoms with Gasteiger partial charge in [0.05, 0.1) is 23.3 Å². The third kappa shape index (κ3) is 4.76. The minimum atomic E-state index is -3.41. The molecule has 0 atom stereocenters. The van der Waals surface area contributed by atoms with Gasteiger partial charge in [-0.3, -0.25) is 14.9 Å². The summed E-state index contributed by atoms with van der Waals surface area (Å²) in [5.41, 5.74) is 5.64. The molecule has 8 heteroatoms. The molecule has 0 aliphatic carbocycles. The highest BCUT2D eigenvalue weighted by atomic mass is 32.2. The predicted octanol–water partition coefficient (Wildman–Crippen LogP) is 3.78. The van der Waals surface area contributed by atoms with Gasteiger partial charge >= 0.3 is 0 Å². The molecule has 4 rings (SSSR count). The smallest absolute Gasteiger partial charge is 0.251 e. The van der Waals surface area contributed by atoms with Crippen LogP contribution in [0.1, 0.15) is 21.6 Å². The van der Waals surface area contributed by atoms with E-state index in [9.17, 15) is 13.2 Å². The van der Waals surface area contributed by atoms with Crippen molar-refractivity contribution in [1.82, 2.24) is 20.5 Å². The lowest BCUT2D eigenvalue weighted by atomic mass is 10.0. The average molecular weight is 447 g/mol. The first-order chi connectivity index (χ1) is 15.3. The topological polar surface area (TPSA) is 105 Å². The van der Waals surface area contributed by atoms with Crippen molar-refractivity contribution < 1.29 is 13.2 Å². The lowest BCUT2D eigenvalue weighted by Gasteiger charge is -2.10. The van der Waals surface area contributed by atoms with Crippen LogP contribution in [0, 0.1) is 6.92 Å². The molecule has 4 aromatic rings. The van der Waals surface area contributed by atoms with E-state index in [-0.39, 0.29) is 17.3 Å². The van der Waals surface area contributed by atoms with Gasteiger partial charge in [-0.1, -0.05) is 24.3 Å². The van der Waals surface area contributed by atoms with Gasteiger partial charge in [-0.15, -0.1) is 0 Å². The molecular weight excluding hydrogens is 424 g/mol. The van der Waals surface area contributed by atoms with Crippen molar-refractivity contribution in [2.45, 2.75) is 18.4 Å². The first kappa shape index (κ1) is 21.5.